The van der Waals surface area contributed by atoms with E-state index in [-0.39, 0.29) is 30.3 Å². The molecule has 3 atom stereocenters. The number of carbonyl (C=O) groups is 2. The summed E-state index contributed by atoms with van der Waals surface area (Å²) >= 11 is 0. The van der Waals surface area contributed by atoms with Crippen LogP contribution in [-0.4, -0.2) is 60.2 Å². The van der Waals surface area contributed by atoms with Crippen molar-refractivity contribution in [1.82, 2.24) is 4.90 Å². The molecule has 4 rings (SSSR count). The third-order valence-corrected chi connectivity index (χ3v) is 7.19. The molecule has 0 bridgehead atoms. The van der Waals surface area contributed by atoms with Crippen LogP contribution in [0.15, 0.2) is 60.7 Å². The number of rotatable bonds is 11. The van der Waals surface area contributed by atoms with Gasteiger partial charge in [0.1, 0.15) is 0 Å². The number of aryl methyl sites for hydroxylation is 1. The van der Waals surface area contributed by atoms with Gasteiger partial charge in [0, 0.05) is 31.8 Å². The minimum Gasteiger partial charge on any atom is -0.481 e. The minimum absolute atomic E-state index is 0.0816. The van der Waals surface area contributed by atoms with Gasteiger partial charge in [-0.1, -0.05) is 66.2 Å². The lowest BCUT2D eigenvalue weighted by Crippen LogP contribution is -2.49. The molecule has 1 saturated heterocycles. The zero-order valence-electron chi connectivity index (χ0n) is 21.1. The maximum absolute atomic E-state index is 13.1. The number of carboxylic acids is 1. The molecule has 2 aromatic rings. The second kappa shape index (κ2) is 12.9. The van der Waals surface area contributed by atoms with E-state index in [9.17, 15) is 9.59 Å². The Balaban J connectivity index is 1.38. The molecule has 0 amide bonds. The summed E-state index contributed by atoms with van der Waals surface area (Å²) in [5, 5.41) is 8.83. The number of ether oxygens (including phenoxy) is 2. The topological polar surface area (TPSA) is 76.1 Å². The van der Waals surface area contributed by atoms with Gasteiger partial charge in [-0.3, -0.25) is 14.5 Å². The first-order valence-corrected chi connectivity index (χ1v) is 13.0. The van der Waals surface area contributed by atoms with Gasteiger partial charge in [-0.05, 0) is 42.9 Å². The molecule has 0 spiro atoms. The van der Waals surface area contributed by atoms with Crippen molar-refractivity contribution < 1.29 is 24.2 Å². The van der Waals surface area contributed by atoms with Crippen LogP contribution in [-0.2, 0) is 25.7 Å². The fraction of sp³-hybridized carbons (Fsp3) is 0.467. The molecule has 1 aliphatic heterocycles. The van der Waals surface area contributed by atoms with Crippen LogP contribution < -0.4 is 0 Å². The van der Waals surface area contributed by atoms with Gasteiger partial charge in [-0.2, -0.15) is 0 Å². The van der Waals surface area contributed by atoms with Crippen LogP contribution in [0.25, 0.3) is 11.1 Å². The van der Waals surface area contributed by atoms with Crippen molar-refractivity contribution in [2.45, 2.75) is 57.8 Å². The number of morpholine rings is 1. The Morgan fingerprint density at radius 1 is 1.06 bits per heavy atom. The highest BCUT2D eigenvalue weighted by Crippen LogP contribution is 2.34. The van der Waals surface area contributed by atoms with Crippen molar-refractivity contribution in [1.29, 1.82) is 0 Å². The number of carboxylic acid groups (broad SMARTS) is 1. The number of nitrogens with zero attached hydrogens (tertiary/aromatic N) is 1. The van der Waals surface area contributed by atoms with Crippen LogP contribution >= 0.6 is 0 Å². The maximum atomic E-state index is 13.1. The standard InChI is InChI=1S/C30H37NO5/c1-22-8-12-24(13-9-22)25-14-10-23(11-15-25)21-36-28-20-27(32)30(31-16-18-35-19-17-31)26(28)6-4-2-3-5-7-29(33)34/h2,4,8-15,26,28,30H,3,5-7,16-21H2,1H3,(H,33,34). The van der Waals surface area contributed by atoms with E-state index in [1.165, 1.54) is 16.7 Å². The fourth-order valence-corrected chi connectivity index (χ4v) is 5.19. The molecule has 1 saturated carbocycles. The number of allylic oxidation sites excluding steroid dienone is 2. The highest BCUT2D eigenvalue weighted by atomic mass is 16.5. The Morgan fingerprint density at radius 2 is 1.72 bits per heavy atom. The van der Waals surface area contributed by atoms with E-state index in [4.69, 9.17) is 14.6 Å². The summed E-state index contributed by atoms with van der Waals surface area (Å²) in [6.07, 6.45) is 6.73. The summed E-state index contributed by atoms with van der Waals surface area (Å²) in [6, 6.07) is 16.8. The SMILES string of the molecule is Cc1ccc(-c2ccc(COC3CC(=O)C(N4CCOCC4)C3CC=CCCCC(=O)O)cc2)cc1. The maximum Gasteiger partial charge on any atom is 0.303 e. The summed E-state index contributed by atoms with van der Waals surface area (Å²) in [5.74, 6) is -0.434. The first-order chi connectivity index (χ1) is 17.5. The van der Waals surface area contributed by atoms with Crippen LogP contribution in [0.3, 0.4) is 0 Å². The molecule has 6 heteroatoms. The molecule has 2 aromatic carbocycles. The third kappa shape index (κ3) is 7.12. The summed E-state index contributed by atoms with van der Waals surface area (Å²) in [6.45, 7) is 5.40. The van der Waals surface area contributed by atoms with Crippen molar-refractivity contribution >= 4 is 11.8 Å². The summed E-state index contributed by atoms with van der Waals surface area (Å²) in [4.78, 5) is 26.1. The number of carbonyl (C=O) groups excluding carboxylic acids is 1. The van der Waals surface area contributed by atoms with Gasteiger partial charge in [0.25, 0.3) is 0 Å². The molecule has 36 heavy (non-hydrogen) atoms. The van der Waals surface area contributed by atoms with Gasteiger partial charge in [0.15, 0.2) is 5.78 Å². The van der Waals surface area contributed by atoms with E-state index in [1.54, 1.807) is 0 Å². The first kappa shape index (κ1) is 26.3. The first-order valence-electron chi connectivity index (χ1n) is 13.0. The van der Waals surface area contributed by atoms with Gasteiger partial charge in [-0.15, -0.1) is 0 Å². The van der Waals surface area contributed by atoms with Gasteiger partial charge >= 0.3 is 5.97 Å². The lowest BCUT2D eigenvalue weighted by atomic mass is 9.95. The fourth-order valence-electron chi connectivity index (χ4n) is 5.19. The minimum atomic E-state index is -0.766. The molecule has 1 aliphatic carbocycles. The second-order valence-electron chi connectivity index (χ2n) is 9.83. The number of hydrogen-bond acceptors (Lipinski definition) is 5. The molecule has 0 aromatic heterocycles. The number of unbranched alkanes of at least 4 members (excludes halogenated alkanes) is 1. The van der Waals surface area contributed by atoms with Crippen LogP contribution in [0.5, 0.6) is 0 Å². The molecular formula is C30H37NO5. The molecule has 0 radical (unpaired) electrons. The van der Waals surface area contributed by atoms with E-state index in [1.807, 2.05) is 6.08 Å². The van der Waals surface area contributed by atoms with E-state index in [0.29, 0.717) is 32.7 Å². The molecule has 1 heterocycles. The van der Waals surface area contributed by atoms with Gasteiger partial charge in [0.2, 0.25) is 0 Å². The third-order valence-electron chi connectivity index (χ3n) is 7.19. The lowest BCUT2D eigenvalue weighted by molar-refractivity contribution is -0.137. The number of ketones is 1. The molecule has 6 nitrogen and oxygen atoms in total. The summed E-state index contributed by atoms with van der Waals surface area (Å²) < 4.78 is 11.9. The van der Waals surface area contributed by atoms with Gasteiger partial charge < -0.3 is 14.6 Å². The summed E-state index contributed by atoms with van der Waals surface area (Å²) in [7, 11) is 0. The smallest absolute Gasteiger partial charge is 0.303 e. The van der Waals surface area contributed by atoms with Crippen LogP contribution in [0.4, 0.5) is 0 Å². The van der Waals surface area contributed by atoms with E-state index in [2.05, 4.69) is 66.4 Å². The second-order valence-corrected chi connectivity index (χ2v) is 9.83. The Bertz CT molecular complexity index is 1020. The van der Waals surface area contributed by atoms with E-state index >= 15 is 0 Å². The molecule has 2 fully saturated rings. The summed E-state index contributed by atoms with van der Waals surface area (Å²) in [5.41, 5.74) is 4.71. The molecule has 3 unspecified atom stereocenters. The number of Topliss-reactive ketones (excluding diaryl/α,β-unsaturated/α-hetero) is 1. The van der Waals surface area contributed by atoms with Crippen LogP contribution in [0.1, 0.15) is 43.2 Å². The van der Waals surface area contributed by atoms with Crippen molar-refractivity contribution in [3.8, 4) is 11.1 Å². The Kier molecular flexibility index (Phi) is 9.45. The highest BCUT2D eigenvalue weighted by molar-refractivity contribution is 5.87. The average Bonchev–Trinajstić information content (AvgIpc) is 3.20. The van der Waals surface area contributed by atoms with Crippen LogP contribution in [0, 0.1) is 12.8 Å². The quantitative estimate of drug-likeness (QED) is 0.351. The van der Waals surface area contributed by atoms with Crippen molar-refractivity contribution in [3.63, 3.8) is 0 Å². The Labute approximate surface area is 213 Å². The monoisotopic (exact) mass is 491 g/mol. The molecule has 192 valence electrons. The number of hydrogen-bond donors (Lipinski definition) is 1. The number of aliphatic carboxylic acids is 1. The van der Waals surface area contributed by atoms with Crippen LogP contribution in [0.2, 0.25) is 0 Å². The van der Waals surface area contributed by atoms with Crippen molar-refractivity contribution in [3.05, 3.63) is 71.8 Å². The Hall–Kier alpha value is -2.80. The average molecular weight is 492 g/mol. The molecular weight excluding hydrogens is 454 g/mol. The zero-order chi connectivity index (χ0) is 25.3. The highest BCUT2D eigenvalue weighted by Gasteiger charge is 2.45. The van der Waals surface area contributed by atoms with Gasteiger partial charge in [0.05, 0.1) is 32.0 Å². The Morgan fingerprint density at radius 3 is 2.39 bits per heavy atom. The van der Waals surface area contributed by atoms with Gasteiger partial charge in [-0.25, -0.2) is 0 Å². The molecule has 2 aliphatic rings. The van der Waals surface area contributed by atoms with Crippen molar-refractivity contribution in [2.24, 2.45) is 5.92 Å². The largest absolute Gasteiger partial charge is 0.481 e. The predicted octanol–water partition coefficient (Wildman–Crippen LogP) is 5.04. The van der Waals surface area contributed by atoms with E-state index in [0.717, 1.165) is 31.5 Å². The lowest BCUT2D eigenvalue weighted by Gasteiger charge is -2.35. The normalized spacial score (nSPS) is 22.9. The number of benzene rings is 2. The molecule has 1 N–H and O–H groups in total. The predicted molar refractivity (Wildman–Crippen MR) is 140 cm³/mol. The zero-order valence-corrected chi connectivity index (χ0v) is 21.1. The van der Waals surface area contributed by atoms with Crippen molar-refractivity contribution in [2.75, 3.05) is 26.3 Å². The van der Waals surface area contributed by atoms with E-state index < -0.39 is 5.97 Å².